The van der Waals surface area contributed by atoms with Crippen molar-refractivity contribution in [3.63, 3.8) is 0 Å². The summed E-state index contributed by atoms with van der Waals surface area (Å²) in [4.78, 5) is 14.2. The molecule has 3 rings (SSSR count). The maximum absolute atomic E-state index is 12.2. The van der Waals surface area contributed by atoms with Crippen LogP contribution < -0.4 is 10.2 Å². The second-order valence-corrected chi connectivity index (χ2v) is 5.17. The molecule has 2 aromatic heterocycles. The third-order valence-electron chi connectivity index (χ3n) is 3.67. The van der Waals surface area contributed by atoms with Crippen LogP contribution in [0, 0.1) is 0 Å². The predicted octanol–water partition coefficient (Wildman–Crippen LogP) is 1.87. The zero-order valence-electron chi connectivity index (χ0n) is 13.0. The third kappa shape index (κ3) is 3.48. The number of benzene rings is 1. The molecule has 0 spiro atoms. The topological polar surface area (TPSA) is 62.5 Å². The highest BCUT2D eigenvalue weighted by Gasteiger charge is 2.11. The highest BCUT2D eigenvalue weighted by Crippen LogP contribution is 2.12. The molecule has 118 valence electrons. The number of amides is 1. The first-order chi connectivity index (χ1) is 11.3. The van der Waals surface area contributed by atoms with Gasteiger partial charge in [0, 0.05) is 18.4 Å². The van der Waals surface area contributed by atoms with E-state index in [-0.39, 0.29) is 5.91 Å². The first kappa shape index (κ1) is 15.0. The normalized spacial score (nSPS) is 10.7. The van der Waals surface area contributed by atoms with E-state index in [4.69, 9.17) is 0 Å². The molecule has 1 aromatic carbocycles. The Morgan fingerprint density at radius 1 is 1.13 bits per heavy atom. The molecule has 1 N–H and O–H groups in total. The number of hydrogen-bond donors (Lipinski definition) is 1. The predicted molar refractivity (Wildman–Crippen MR) is 89.2 cm³/mol. The van der Waals surface area contributed by atoms with Crippen molar-refractivity contribution >= 4 is 17.2 Å². The molecule has 0 saturated carbocycles. The Kier molecular flexibility index (Phi) is 4.52. The molecule has 0 aliphatic rings. The number of hydrogen-bond acceptors (Lipinski definition) is 4. The van der Waals surface area contributed by atoms with E-state index in [2.05, 4.69) is 15.5 Å². The summed E-state index contributed by atoms with van der Waals surface area (Å²) in [5.41, 5.74) is 1.81. The van der Waals surface area contributed by atoms with Gasteiger partial charge < -0.3 is 10.2 Å². The monoisotopic (exact) mass is 309 g/mol. The van der Waals surface area contributed by atoms with Crippen LogP contribution in [0.2, 0.25) is 0 Å². The molecular weight excluding hydrogens is 290 g/mol. The second kappa shape index (κ2) is 6.91. The number of carbonyl (C=O) groups excluding carboxylic acids is 1. The molecule has 6 heteroatoms. The van der Waals surface area contributed by atoms with Gasteiger partial charge in [-0.25, -0.2) is 0 Å². The molecule has 0 atom stereocenters. The summed E-state index contributed by atoms with van der Waals surface area (Å²) in [6.45, 7) is 3.48. The van der Waals surface area contributed by atoms with Gasteiger partial charge in [-0.15, -0.1) is 10.2 Å². The van der Waals surface area contributed by atoms with Crippen LogP contribution in [0.25, 0.3) is 5.65 Å². The Balaban J connectivity index is 1.61. The molecule has 0 radical (unpaired) electrons. The van der Waals surface area contributed by atoms with Gasteiger partial charge in [-0.05, 0) is 31.2 Å². The van der Waals surface area contributed by atoms with Crippen LogP contribution in [0.5, 0.6) is 0 Å². The molecule has 0 saturated heterocycles. The smallest absolute Gasteiger partial charge is 0.239 e. The van der Waals surface area contributed by atoms with Crippen LogP contribution >= 0.6 is 0 Å². The summed E-state index contributed by atoms with van der Waals surface area (Å²) in [5, 5.41) is 11.1. The molecule has 6 nitrogen and oxygen atoms in total. The molecule has 3 aromatic rings. The highest BCUT2D eigenvalue weighted by molar-refractivity contribution is 5.81. The van der Waals surface area contributed by atoms with Crippen molar-refractivity contribution < 1.29 is 4.79 Å². The third-order valence-corrected chi connectivity index (χ3v) is 3.67. The number of fused-ring (bicyclic) bond motifs is 1. The van der Waals surface area contributed by atoms with Crippen molar-refractivity contribution in [3.05, 3.63) is 60.6 Å². The van der Waals surface area contributed by atoms with Crippen molar-refractivity contribution in [2.75, 3.05) is 18.0 Å². The molecule has 0 unspecified atom stereocenters. The summed E-state index contributed by atoms with van der Waals surface area (Å²) >= 11 is 0. The van der Waals surface area contributed by atoms with E-state index >= 15 is 0 Å². The van der Waals surface area contributed by atoms with Crippen molar-refractivity contribution in [1.82, 2.24) is 19.9 Å². The minimum Gasteiger partial charge on any atom is -0.363 e. The van der Waals surface area contributed by atoms with Gasteiger partial charge in [0.1, 0.15) is 0 Å². The summed E-state index contributed by atoms with van der Waals surface area (Å²) < 4.78 is 1.87. The highest BCUT2D eigenvalue weighted by atomic mass is 16.2. The van der Waals surface area contributed by atoms with Gasteiger partial charge in [0.15, 0.2) is 11.5 Å². The largest absolute Gasteiger partial charge is 0.363 e. The van der Waals surface area contributed by atoms with Gasteiger partial charge in [-0.1, -0.05) is 24.3 Å². The number of rotatable bonds is 6. The lowest BCUT2D eigenvalue weighted by Gasteiger charge is -2.22. The fourth-order valence-corrected chi connectivity index (χ4v) is 2.44. The van der Waals surface area contributed by atoms with Gasteiger partial charge in [-0.2, -0.15) is 0 Å². The Bertz CT molecular complexity index is 784. The lowest BCUT2D eigenvalue weighted by Crippen LogP contribution is -2.37. The number of para-hydroxylation sites is 1. The Hall–Kier alpha value is -2.89. The summed E-state index contributed by atoms with van der Waals surface area (Å²) in [6, 6.07) is 15.6. The van der Waals surface area contributed by atoms with E-state index < -0.39 is 0 Å². The second-order valence-electron chi connectivity index (χ2n) is 5.17. The van der Waals surface area contributed by atoms with Crippen molar-refractivity contribution in [2.45, 2.75) is 13.5 Å². The number of aromatic nitrogens is 3. The van der Waals surface area contributed by atoms with Crippen LogP contribution in [0.4, 0.5) is 5.69 Å². The first-order valence-electron chi connectivity index (χ1n) is 7.63. The maximum atomic E-state index is 12.2. The van der Waals surface area contributed by atoms with Crippen LogP contribution in [0.15, 0.2) is 54.7 Å². The number of nitrogens with zero attached hydrogens (tertiary/aromatic N) is 4. The lowest BCUT2D eigenvalue weighted by atomic mass is 10.3. The molecule has 23 heavy (non-hydrogen) atoms. The van der Waals surface area contributed by atoms with E-state index in [0.717, 1.165) is 23.7 Å². The fraction of sp³-hybridized carbons (Fsp3) is 0.235. The van der Waals surface area contributed by atoms with Gasteiger partial charge in [0.25, 0.3) is 0 Å². The summed E-state index contributed by atoms with van der Waals surface area (Å²) in [5.74, 6) is 0.681. The van der Waals surface area contributed by atoms with E-state index in [9.17, 15) is 4.79 Å². The molecule has 0 aliphatic heterocycles. The minimum atomic E-state index is -0.0385. The number of likely N-dealkylation sites (N-methyl/N-ethyl adjacent to an activating group) is 1. The molecular formula is C17H19N5O. The van der Waals surface area contributed by atoms with Crippen molar-refractivity contribution in [2.24, 2.45) is 0 Å². The zero-order valence-corrected chi connectivity index (χ0v) is 13.0. The van der Waals surface area contributed by atoms with Crippen molar-refractivity contribution in [3.8, 4) is 0 Å². The Labute approximate surface area is 134 Å². The number of nitrogens with one attached hydrogen (secondary N) is 1. The van der Waals surface area contributed by atoms with Gasteiger partial charge >= 0.3 is 0 Å². The molecule has 2 heterocycles. The Morgan fingerprint density at radius 3 is 2.70 bits per heavy atom. The quantitative estimate of drug-likeness (QED) is 0.755. The van der Waals surface area contributed by atoms with Gasteiger partial charge in [0.05, 0.1) is 13.1 Å². The fourth-order valence-electron chi connectivity index (χ4n) is 2.44. The molecule has 1 amide bonds. The van der Waals surface area contributed by atoms with Gasteiger partial charge in [0.2, 0.25) is 5.91 Å². The SMILES string of the molecule is CCN(CC(=O)NCc1nnc2ccccn12)c1ccccc1. The van der Waals surface area contributed by atoms with E-state index in [1.807, 2.05) is 71.0 Å². The Morgan fingerprint density at radius 2 is 1.91 bits per heavy atom. The number of pyridine rings is 1. The van der Waals surface area contributed by atoms with Crippen molar-refractivity contribution in [1.29, 1.82) is 0 Å². The number of anilines is 1. The molecule has 0 aliphatic carbocycles. The number of carbonyl (C=O) groups is 1. The summed E-state index contributed by atoms with van der Waals surface area (Å²) in [6.07, 6.45) is 1.89. The summed E-state index contributed by atoms with van der Waals surface area (Å²) in [7, 11) is 0. The average Bonchev–Trinajstić information content (AvgIpc) is 3.02. The van der Waals surface area contributed by atoms with E-state index in [0.29, 0.717) is 13.1 Å². The minimum absolute atomic E-state index is 0.0385. The van der Waals surface area contributed by atoms with E-state index in [1.165, 1.54) is 0 Å². The zero-order chi connectivity index (χ0) is 16.1. The van der Waals surface area contributed by atoms with Crippen LogP contribution in [0.1, 0.15) is 12.7 Å². The molecule has 0 bridgehead atoms. The van der Waals surface area contributed by atoms with Gasteiger partial charge in [-0.3, -0.25) is 9.20 Å². The first-order valence-corrected chi connectivity index (χ1v) is 7.63. The van der Waals surface area contributed by atoms with E-state index in [1.54, 1.807) is 0 Å². The van der Waals surface area contributed by atoms with Crippen LogP contribution in [-0.2, 0) is 11.3 Å². The van der Waals surface area contributed by atoms with Crippen LogP contribution in [-0.4, -0.2) is 33.6 Å². The average molecular weight is 309 g/mol. The standard InChI is InChI=1S/C17H19N5O/c1-2-21(14-8-4-3-5-9-14)13-17(23)18-12-16-20-19-15-10-6-7-11-22(15)16/h3-11H,2,12-13H2,1H3,(H,18,23). The lowest BCUT2D eigenvalue weighted by molar-refractivity contribution is -0.120. The molecule has 0 fully saturated rings. The van der Waals surface area contributed by atoms with Crippen LogP contribution in [0.3, 0.4) is 0 Å². The maximum Gasteiger partial charge on any atom is 0.239 e.